The third-order valence-electron chi connectivity index (χ3n) is 5.40. The maximum Gasteiger partial charge on any atom is 0.191 e. The molecule has 2 N–H and O–H groups in total. The van der Waals surface area contributed by atoms with Crippen LogP contribution in [0.3, 0.4) is 0 Å². The molecule has 0 radical (unpaired) electrons. The van der Waals surface area contributed by atoms with Crippen molar-refractivity contribution in [2.75, 3.05) is 51.7 Å². The molecule has 2 aliphatic rings. The highest BCUT2D eigenvalue weighted by molar-refractivity contribution is 5.80. The van der Waals surface area contributed by atoms with Crippen molar-refractivity contribution >= 4 is 11.6 Å². The number of anilines is 1. The Morgan fingerprint density at radius 2 is 1.85 bits per heavy atom. The fraction of sp³-hybridized carbons (Fsp3) is 0.632. The zero-order chi connectivity index (χ0) is 18.5. The summed E-state index contributed by atoms with van der Waals surface area (Å²) in [5, 5.41) is 6.81. The van der Waals surface area contributed by atoms with E-state index in [1.54, 1.807) is 11.9 Å². The van der Waals surface area contributed by atoms with Crippen LogP contribution >= 0.6 is 0 Å². The van der Waals surface area contributed by atoms with E-state index >= 15 is 0 Å². The zero-order valence-electron chi connectivity index (χ0n) is 15.6. The van der Waals surface area contributed by atoms with E-state index in [0.29, 0.717) is 19.0 Å². The normalized spacial score (nSPS) is 22.7. The molecule has 144 valence electrons. The van der Waals surface area contributed by atoms with Crippen LogP contribution in [0.2, 0.25) is 0 Å². The summed E-state index contributed by atoms with van der Waals surface area (Å²) >= 11 is 0. The summed E-state index contributed by atoms with van der Waals surface area (Å²) in [6, 6.07) is 4.13. The number of piperidine rings is 1. The first-order valence-corrected chi connectivity index (χ1v) is 9.41. The van der Waals surface area contributed by atoms with Crippen molar-refractivity contribution in [2.45, 2.75) is 25.3 Å². The molecule has 5 nitrogen and oxygen atoms in total. The number of nitrogens with zero attached hydrogens (tertiary/aromatic N) is 3. The van der Waals surface area contributed by atoms with Crippen LogP contribution in [-0.4, -0.2) is 63.7 Å². The minimum Gasteiger partial charge on any atom is -0.365 e. The summed E-state index contributed by atoms with van der Waals surface area (Å²) in [5.41, 5.74) is 0.0751. The van der Waals surface area contributed by atoms with Crippen molar-refractivity contribution in [2.24, 2.45) is 10.9 Å². The first kappa shape index (κ1) is 18.9. The van der Waals surface area contributed by atoms with Crippen molar-refractivity contribution in [1.29, 1.82) is 0 Å². The minimum atomic E-state index is -0.504. The van der Waals surface area contributed by atoms with Gasteiger partial charge in [0.25, 0.3) is 0 Å². The highest BCUT2D eigenvalue weighted by atomic mass is 19.1. The third-order valence-corrected chi connectivity index (χ3v) is 5.40. The first-order chi connectivity index (χ1) is 12.6. The lowest BCUT2D eigenvalue weighted by Gasteiger charge is -2.29. The van der Waals surface area contributed by atoms with Crippen molar-refractivity contribution in [1.82, 2.24) is 15.5 Å². The lowest BCUT2D eigenvalue weighted by atomic mass is 9.97. The van der Waals surface area contributed by atoms with Crippen LogP contribution < -0.4 is 15.5 Å². The number of benzene rings is 1. The van der Waals surface area contributed by atoms with Crippen LogP contribution in [0.25, 0.3) is 0 Å². The van der Waals surface area contributed by atoms with Crippen LogP contribution in [-0.2, 0) is 0 Å². The predicted molar refractivity (Wildman–Crippen MR) is 102 cm³/mol. The Kier molecular flexibility index (Phi) is 6.29. The van der Waals surface area contributed by atoms with Gasteiger partial charge in [-0.2, -0.15) is 0 Å². The highest BCUT2D eigenvalue weighted by Crippen LogP contribution is 2.26. The Labute approximate surface area is 154 Å². The van der Waals surface area contributed by atoms with E-state index in [2.05, 4.69) is 27.6 Å². The van der Waals surface area contributed by atoms with Gasteiger partial charge in [0.05, 0.1) is 0 Å². The molecule has 26 heavy (non-hydrogen) atoms. The van der Waals surface area contributed by atoms with Gasteiger partial charge in [-0.3, -0.25) is 4.99 Å². The molecular formula is C19H29F2N5. The number of halogens is 2. The van der Waals surface area contributed by atoms with Crippen molar-refractivity contribution < 1.29 is 8.78 Å². The van der Waals surface area contributed by atoms with Gasteiger partial charge >= 0.3 is 0 Å². The second-order valence-corrected chi connectivity index (χ2v) is 7.35. The number of hydrogen-bond donors (Lipinski definition) is 2. The largest absolute Gasteiger partial charge is 0.365 e. The molecule has 0 aliphatic carbocycles. The summed E-state index contributed by atoms with van der Waals surface area (Å²) < 4.78 is 27.9. The van der Waals surface area contributed by atoms with Crippen LogP contribution in [0.5, 0.6) is 0 Å². The van der Waals surface area contributed by atoms with Gasteiger partial charge in [-0.25, -0.2) is 8.78 Å². The molecule has 1 atom stereocenters. The van der Waals surface area contributed by atoms with Gasteiger partial charge in [0.1, 0.15) is 17.3 Å². The Morgan fingerprint density at radius 3 is 2.50 bits per heavy atom. The number of guanidine groups is 1. The molecule has 0 bridgehead atoms. The minimum absolute atomic E-state index is 0.0751. The van der Waals surface area contributed by atoms with Gasteiger partial charge in [-0.05, 0) is 57.5 Å². The average Bonchev–Trinajstić information content (AvgIpc) is 3.08. The molecule has 2 saturated heterocycles. The van der Waals surface area contributed by atoms with Crippen LogP contribution in [0.4, 0.5) is 14.5 Å². The quantitative estimate of drug-likeness (QED) is 0.633. The molecule has 3 rings (SSSR count). The molecule has 1 aromatic rings. The molecule has 2 aliphatic heterocycles. The molecule has 0 aromatic heterocycles. The van der Waals surface area contributed by atoms with Gasteiger partial charge in [-0.1, -0.05) is 6.07 Å². The Morgan fingerprint density at radius 1 is 1.15 bits per heavy atom. The number of rotatable bonds is 4. The molecular weight excluding hydrogens is 336 g/mol. The maximum atomic E-state index is 14.0. The van der Waals surface area contributed by atoms with E-state index in [1.165, 1.54) is 31.0 Å². The second kappa shape index (κ2) is 8.66. The van der Waals surface area contributed by atoms with E-state index in [4.69, 9.17) is 0 Å². The number of likely N-dealkylation sites (tertiary alicyclic amines) is 1. The number of para-hydroxylation sites is 1. The van der Waals surface area contributed by atoms with Crippen LogP contribution in [0.1, 0.15) is 19.3 Å². The van der Waals surface area contributed by atoms with E-state index in [-0.39, 0.29) is 11.7 Å². The van der Waals surface area contributed by atoms with Crippen molar-refractivity contribution in [3.63, 3.8) is 0 Å². The molecule has 7 heteroatoms. The van der Waals surface area contributed by atoms with Gasteiger partial charge in [0.15, 0.2) is 5.96 Å². The summed E-state index contributed by atoms with van der Waals surface area (Å²) in [5.74, 6) is 0.424. The number of hydrogen-bond acceptors (Lipinski definition) is 3. The van der Waals surface area contributed by atoms with Crippen LogP contribution in [0.15, 0.2) is 23.2 Å². The summed E-state index contributed by atoms with van der Waals surface area (Å²) in [4.78, 5) is 8.43. The number of nitrogens with one attached hydrogen (secondary N) is 2. The van der Waals surface area contributed by atoms with Gasteiger partial charge in [-0.15, -0.1) is 0 Å². The van der Waals surface area contributed by atoms with Crippen molar-refractivity contribution in [3.05, 3.63) is 29.8 Å². The van der Waals surface area contributed by atoms with Gasteiger partial charge in [0, 0.05) is 32.7 Å². The first-order valence-electron chi connectivity index (χ1n) is 9.41. The van der Waals surface area contributed by atoms with Gasteiger partial charge in [0.2, 0.25) is 0 Å². The van der Waals surface area contributed by atoms with E-state index in [0.717, 1.165) is 32.0 Å². The second-order valence-electron chi connectivity index (χ2n) is 7.35. The predicted octanol–water partition coefficient (Wildman–Crippen LogP) is 2.05. The van der Waals surface area contributed by atoms with Crippen LogP contribution in [0, 0.1) is 17.6 Å². The lowest BCUT2D eigenvalue weighted by Crippen LogP contribution is -2.46. The number of aliphatic imine (C=N–C) groups is 1. The molecule has 0 amide bonds. The lowest BCUT2D eigenvalue weighted by molar-refractivity contribution is 0.220. The SMILES string of the molecule is CN=C(NCC1CCN(C)CC1)NC1CCN(c2c(F)cccc2F)C1. The zero-order valence-corrected chi connectivity index (χ0v) is 15.6. The standard InChI is InChI=1S/C19H29F2N5/c1-22-19(23-12-14-6-9-25(2)10-7-14)24-15-8-11-26(13-15)18-16(20)4-3-5-17(18)21/h3-5,14-15H,6-13H2,1-2H3,(H2,22,23,24). The fourth-order valence-corrected chi connectivity index (χ4v) is 3.77. The smallest absolute Gasteiger partial charge is 0.191 e. The molecule has 2 fully saturated rings. The Balaban J connectivity index is 1.49. The molecule has 0 saturated carbocycles. The molecule has 2 heterocycles. The Hall–Kier alpha value is -1.89. The summed E-state index contributed by atoms with van der Waals surface area (Å²) in [7, 11) is 3.92. The van der Waals surface area contributed by atoms with Gasteiger partial charge < -0.3 is 20.4 Å². The third kappa shape index (κ3) is 4.63. The molecule has 1 aromatic carbocycles. The van der Waals surface area contributed by atoms with E-state index in [9.17, 15) is 8.78 Å². The van der Waals surface area contributed by atoms with E-state index < -0.39 is 11.6 Å². The Bertz CT molecular complexity index is 608. The van der Waals surface area contributed by atoms with Crippen molar-refractivity contribution in [3.8, 4) is 0 Å². The topological polar surface area (TPSA) is 42.9 Å². The summed E-state index contributed by atoms with van der Waals surface area (Å²) in [6.07, 6.45) is 3.22. The monoisotopic (exact) mass is 365 g/mol. The maximum absolute atomic E-state index is 14.0. The molecule has 0 spiro atoms. The highest BCUT2D eigenvalue weighted by Gasteiger charge is 2.27. The molecule has 1 unspecified atom stereocenters. The van der Waals surface area contributed by atoms with E-state index in [1.807, 2.05) is 0 Å². The summed E-state index contributed by atoms with van der Waals surface area (Å²) in [6.45, 7) is 4.38. The fourth-order valence-electron chi connectivity index (χ4n) is 3.77. The average molecular weight is 365 g/mol.